The predicted octanol–water partition coefficient (Wildman–Crippen LogP) is 1.57. The first kappa shape index (κ1) is 17.2. The monoisotopic (exact) mass is 164 g/mol. The van der Waals surface area contributed by atoms with E-state index in [9.17, 15) is 0 Å². The Labute approximate surface area is 71.5 Å². The topological polar surface area (TPSA) is 9.23 Å². The number of ether oxygens (including phenoxy) is 1. The van der Waals surface area contributed by atoms with Crippen molar-refractivity contribution in [3.05, 3.63) is 0 Å². The maximum Gasteiger partial charge on any atom is 0.0814 e. The van der Waals surface area contributed by atoms with Gasteiger partial charge >= 0.3 is 0 Å². The quantitative estimate of drug-likeness (QED) is 0.427. The Kier molecular flexibility index (Phi) is 25.7. The molecule has 3 heteroatoms. The van der Waals surface area contributed by atoms with E-state index < -0.39 is 0 Å². The van der Waals surface area contributed by atoms with E-state index in [0.29, 0.717) is 0 Å². The fourth-order valence-electron chi connectivity index (χ4n) is 0.595. The van der Waals surface area contributed by atoms with Crippen LogP contribution in [-0.2, 0) is 4.74 Å². The van der Waals surface area contributed by atoms with E-state index in [1.807, 2.05) is 0 Å². The summed E-state index contributed by atoms with van der Waals surface area (Å²) in [6.45, 7) is 6.28. The first-order chi connectivity index (χ1) is 4.41. The van der Waals surface area contributed by atoms with Gasteiger partial charge in [0.25, 0.3) is 0 Å². The number of halogens is 1. The fraction of sp³-hybridized carbons (Fsp3) is 1.00. The molecule has 0 radical (unpaired) electrons. The molecule has 0 fully saturated rings. The summed E-state index contributed by atoms with van der Waals surface area (Å²) in [4.78, 5) is 0. The second kappa shape index (κ2) is 16.5. The SMILES string of the molecule is B.CCCCOCCCC.F. The third-order valence-corrected chi connectivity index (χ3v) is 1.28. The second-order valence-electron chi connectivity index (χ2n) is 2.32. The van der Waals surface area contributed by atoms with Gasteiger partial charge in [-0.15, -0.1) is 0 Å². The minimum atomic E-state index is 0. The smallest absolute Gasteiger partial charge is 0.0814 e. The van der Waals surface area contributed by atoms with Gasteiger partial charge in [-0.1, -0.05) is 26.7 Å². The molecule has 0 bridgehead atoms. The van der Waals surface area contributed by atoms with Crippen molar-refractivity contribution in [3.63, 3.8) is 0 Å². The predicted molar refractivity (Wildman–Crippen MR) is 53.1 cm³/mol. The summed E-state index contributed by atoms with van der Waals surface area (Å²) in [5.74, 6) is 0. The van der Waals surface area contributed by atoms with Crippen LogP contribution in [0.1, 0.15) is 39.5 Å². The van der Waals surface area contributed by atoms with Gasteiger partial charge in [-0.3, -0.25) is 4.70 Å². The van der Waals surface area contributed by atoms with Gasteiger partial charge in [-0.2, -0.15) is 0 Å². The van der Waals surface area contributed by atoms with Crippen molar-refractivity contribution in [2.24, 2.45) is 0 Å². The average molecular weight is 164 g/mol. The molecule has 0 atom stereocenters. The molecule has 0 aliphatic rings. The summed E-state index contributed by atoms with van der Waals surface area (Å²) in [5, 5.41) is 0. The van der Waals surface area contributed by atoms with Crippen LogP contribution in [0.15, 0.2) is 0 Å². The molecule has 0 amide bonds. The van der Waals surface area contributed by atoms with Crippen LogP contribution in [0.4, 0.5) is 4.70 Å². The summed E-state index contributed by atoms with van der Waals surface area (Å²) >= 11 is 0. The average Bonchev–Trinajstić information content (AvgIpc) is 1.89. The molecule has 70 valence electrons. The highest BCUT2D eigenvalue weighted by molar-refractivity contribution is 5.75. The van der Waals surface area contributed by atoms with Gasteiger partial charge in [0.1, 0.15) is 0 Å². The van der Waals surface area contributed by atoms with Gasteiger partial charge < -0.3 is 4.74 Å². The highest BCUT2D eigenvalue weighted by Gasteiger charge is 1.84. The second-order valence-corrected chi connectivity index (χ2v) is 2.32. The molecule has 0 heterocycles. The van der Waals surface area contributed by atoms with Gasteiger partial charge in [0.15, 0.2) is 0 Å². The Hall–Kier alpha value is -0.0451. The molecule has 0 aromatic carbocycles. The molecule has 0 aliphatic heterocycles. The molecule has 0 N–H and O–H groups in total. The first-order valence-electron chi connectivity index (χ1n) is 3.99. The lowest BCUT2D eigenvalue weighted by Crippen LogP contribution is -1.95. The Balaban J connectivity index is -0.000000320. The molecular formula is C8H22BFO. The number of hydrogen-bond donors (Lipinski definition) is 0. The molecule has 0 saturated carbocycles. The lowest BCUT2D eigenvalue weighted by atomic mass is 10.3. The zero-order valence-corrected chi connectivity index (χ0v) is 7.06. The number of unbranched alkanes of at least 4 members (excludes halogenated alkanes) is 2. The van der Waals surface area contributed by atoms with Crippen LogP contribution in [0.3, 0.4) is 0 Å². The van der Waals surface area contributed by atoms with E-state index >= 15 is 0 Å². The van der Waals surface area contributed by atoms with Crippen LogP contribution in [0, 0.1) is 0 Å². The number of hydrogen-bond acceptors (Lipinski definition) is 1. The lowest BCUT2D eigenvalue weighted by Gasteiger charge is -1.99. The highest BCUT2D eigenvalue weighted by Crippen LogP contribution is 1.91. The van der Waals surface area contributed by atoms with Gasteiger partial charge in [-0.05, 0) is 12.8 Å². The van der Waals surface area contributed by atoms with E-state index in [1.54, 1.807) is 0 Å². The Morgan fingerprint density at radius 3 is 1.55 bits per heavy atom. The van der Waals surface area contributed by atoms with Crippen molar-refractivity contribution in [1.82, 2.24) is 0 Å². The van der Waals surface area contributed by atoms with E-state index in [0.717, 1.165) is 13.2 Å². The molecule has 0 saturated heterocycles. The molecular weight excluding hydrogens is 142 g/mol. The third-order valence-electron chi connectivity index (χ3n) is 1.28. The van der Waals surface area contributed by atoms with Crippen LogP contribution in [0.2, 0.25) is 0 Å². The first-order valence-corrected chi connectivity index (χ1v) is 3.99. The van der Waals surface area contributed by atoms with Crippen LogP contribution in [-0.4, -0.2) is 21.6 Å². The largest absolute Gasteiger partial charge is 0.381 e. The van der Waals surface area contributed by atoms with Gasteiger partial charge in [-0.25, -0.2) is 0 Å². The maximum absolute atomic E-state index is 5.31. The van der Waals surface area contributed by atoms with Gasteiger partial charge in [0.05, 0.1) is 8.41 Å². The fourth-order valence-corrected chi connectivity index (χ4v) is 0.595. The zero-order valence-electron chi connectivity index (χ0n) is 7.06. The van der Waals surface area contributed by atoms with E-state index in [2.05, 4.69) is 13.8 Å². The third kappa shape index (κ3) is 17.8. The summed E-state index contributed by atoms with van der Waals surface area (Å²) in [6.07, 6.45) is 4.91. The standard InChI is InChI=1S/C8H18O.BH3.FH/c1-3-5-7-9-8-6-4-2;;/h3-8H2,1-2H3;1H3;1H. The maximum atomic E-state index is 5.31. The molecule has 0 unspecified atom stereocenters. The summed E-state index contributed by atoms with van der Waals surface area (Å²) < 4.78 is 5.31. The van der Waals surface area contributed by atoms with Crippen LogP contribution < -0.4 is 0 Å². The van der Waals surface area contributed by atoms with Crippen LogP contribution in [0.5, 0.6) is 0 Å². The summed E-state index contributed by atoms with van der Waals surface area (Å²) in [7, 11) is 0. The zero-order chi connectivity index (χ0) is 6.95. The molecule has 0 aromatic heterocycles. The highest BCUT2D eigenvalue weighted by atomic mass is 19.0. The van der Waals surface area contributed by atoms with Crippen molar-refractivity contribution in [2.75, 3.05) is 13.2 Å². The molecule has 0 aliphatic carbocycles. The molecule has 0 spiro atoms. The number of rotatable bonds is 6. The van der Waals surface area contributed by atoms with Crippen molar-refractivity contribution < 1.29 is 9.44 Å². The minimum Gasteiger partial charge on any atom is -0.381 e. The Bertz CT molecular complexity index is 47.4. The van der Waals surface area contributed by atoms with Gasteiger partial charge in [0.2, 0.25) is 0 Å². The summed E-state index contributed by atoms with van der Waals surface area (Å²) in [5.41, 5.74) is 0. The Morgan fingerprint density at radius 2 is 1.27 bits per heavy atom. The van der Waals surface area contributed by atoms with E-state index in [1.165, 1.54) is 25.7 Å². The van der Waals surface area contributed by atoms with Crippen molar-refractivity contribution in [3.8, 4) is 0 Å². The van der Waals surface area contributed by atoms with Crippen molar-refractivity contribution >= 4 is 8.41 Å². The van der Waals surface area contributed by atoms with Crippen LogP contribution in [0.25, 0.3) is 0 Å². The normalized spacial score (nSPS) is 8.18. The van der Waals surface area contributed by atoms with Crippen LogP contribution >= 0.6 is 0 Å². The minimum absolute atomic E-state index is 0. The van der Waals surface area contributed by atoms with E-state index in [-0.39, 0.29) is 13.1 Å². The molecule has 0 aromatic rings. The Morgan fingerprint density at radius 1 is 0.909 bits per heavy atom. The van der Waals surface area contributed by atoms with Crippen molar-refractivity contribution in [1.29, 1.82) is 0 Å². The summed E-state index contributed by atoms with van der Waals surface area (Å²) in [6, 6.07) is 0. The molecule has 11 heavy (non-hydrogen) atoms. The van der Waals surface area contributed by atoms with E-state index in [4.69, 9.17) is 4.74 Å². The molecule has 0 rings (SSSR count). The van der Waals surface area contributed by atoms with Crippen molar-refractivity contribution in [2.45, 2.75) is 39.5 Å². The van der Waals surface area contributed by atoms with Gasteiger partial charge in [0, 0.05) is 13.2 Å². The molecule has 1 nitrogen and oxygen atoms in total. The lowest BCUT2D eigenvalue weighted by molar-refractivity contribution is 0.128.